The van der Waals surface area contributed by atoms with Crippen LogP contribution in [0, 0.1) is 36.7 Å². The number of nitro groups is 1. The topological polar surface area (TPSA) is 78.2 Å². The first-order valence-corrected chi connectivity index (χ1v) is 6.30. The lowest BCUT2D eigenvalue weighted by Gasteiger charge is -2.10. The monoisotopic (exact) mass is 311 g/mol. The van der Waals surface area contributed by atoms with Gasteiger partial charge in [0, 0.05) is 11.1 Å². The third kappa shape index (κ3) is 3.08. The van der Waals surface area contributed by atoms with E-state index in [1.54, 1.807) is 13.8 Å². The molecule has 8 heteroatoms. The number of hydrogen-bond donors (Lipinski definition) is 0. The molecule has 2 aromatic rings. The summed E-state index contributed by atoms with van der Waals surface area (Å²) in [5.41, 5.74) is 0.428. The van der Waals surface area contributed by atoms with E-state index in [1.807, 2.05) is 0 Å². The fraction of sp³-hybridized carbons (Fsp3) is 0.231. The average molecular weight is 312 g/mol. The van der Waals surface area contributed by atoms with E-state index in [0.29, 0.717) is 11.4 Å². The number of benzene rings is 1. The van der Waals surface area contributed by atoms with Gasteiger partial charge in [-0.3, -0.25) is 10.1 Å². The second-order valence-electron chi connectivity index (χ2n) is 4.42. The van der Waals surface area contributed by atoms with Gasteiger partial charge in [0.2, 0.25) is 5.88 Å². The molecule has 0 fully saturated rings. The first-order chi connectivity index (χ1) is 9.79. The zero-order valence-corrected chi connectivity index (χ0v) is 12.2. The molecule has 0 aliphatic carbocycles. The minimum absolute atomic E-state index is 0.111. The number of nitrogens with zero attached hydrogens (tertiary/aromatic N) is 3. The van der Waals surface area contributed by atoms with Crippen LogP contribution < -0.4 is 4.74 Å². The van der Waals surface area contributed by atoms with Crippen molar-refractivity contribution in [1.82, 2.24) is 9.97 Å². The molecule has 0 aliphatic heterocycles. The van der Waals surface area contributed by atoms with Gasteiger partial charge in [0.15, 0.2) is 11.6 Å². The molecule has 0 N–H and O–H groups in total. The summed E-state index contributed by atoms with van der Waals surface area (Å²) in [4.78, 5) is 18.1. The van der Waals surface area contributed by atoms with E-state index in [-0.39, 0.29) is 28.0 Å². The molecule has 0 saturated heterocycles. The third-order valence-corrected chi connectivity index (χ3v) is 3.18. The van der Waals surface area contributed by atoms with Crippen LogP contribution in [0.5, 0.6) is 11.6 Å². The Morgan fingerprint density at radius 1 is 1.29 bits per heavy atom. The molecule has 0 radical (unpaired) electrons. The lowest BCUT2D eigenvalue weighted by atomic mass is 10.2. The van der Waals surface area contributed by atoms with Gasteiger partial charge >= 0.3 is 0 Å². The molecule has 1 heterocycles. The highest BCUT2D eigenvalue weighted by atomic mass is 35.5. The predicted molar refractivity (Wildman–Crippen MR) is 74.4 cm³/mol. The van der Waals surface area contributed by atoms with Crippen LogP contribution in [-0.2, 0) is 0 Å². The van der Waals surface area contributed by atoms with Crippen molar-refractivity contribution in [2.75, 3.05) is 0 Å². The van der Waals surface area contributed by atoms with E-state index in [9.17, 15) is 14.5 Å². The average Bonchev–Trinajstić information content (AvgIpc) is 2.38. The molecule has 0 saturated carbocycles. The molecule has 2 rings (SSSR count). The van der Waals surface area contributed by atoms with Crippen LogP contribution in [-0.4, -0.2) is 14.9 Å². The predicted octanol–water partition coefficient (Wildman–Crippen LogP) is 3.89. The Labute approximate surface area is 124 Å². The van der Waals surface area contributed by atoms with Crippen molar-refractivity contribution in [2.45, 2.75) is 20.8 Å². The summed E-state index contributed by atoms with van der Waals surface area (Å²) in [5.74, 6) is -0.520. The van der Waals surface area contributed by atoms with Gasteiger partial charge in [-0.1, -0.05) is 11.6 Å². The number of aromatic nitrogens is 2. The summed E-state index contributed by atoms with van der Waals surface area (Å²) >= 11 is 5.91. The van der Waals surface area contributed by atoms with Crippen molar-refractivity contribution in [1.29, 1.82) is 0 Å². The van der Waals surface area contributed by atoms with E-state index >= 15 is 0 Å². The molecule has 6 nitrogen and oxygen atoms in total. The molecule has 0 amide bonds. The van der Waals surface area contributed by atoms with Gasteiger partial charge in [-0.05, 0) is 26.8 Å². The Morgan fingerprint density at radius 3 is 2.57 bits per heavy atom. The van der Waals surface area contributed by atoms with Gasteiger partial charge < -0.3 is 4.74 Å². The fourth-order valence-corrected chi connectivity index (χ4v) is 1.90. The normalized spacial score (nSPS) is 10.5. The third-order valence-electron chi connectivity index (χ3n) is 2.81. The quantitative estimate of drug-likeness (QED) is 0.488. The van der Waals surface area contributed by atoms with Crippen LogP contribution in [0.4, 0.5) is 10.1 Å². The lowest BCUT2D eigenvalue weighted by molar-refractivity contribution is -0.385. The Hall–Kier alpha value is -2.28. The minimum atomic E-state index is -0.848. The lowest BCUT2D eigenvalue weighted by Crippen LogP contribution is -2.00. The first kappa shape index (κ1) is 15.1. The van der Waals surface area contributed by atoms with Crippen molar-refractivity contribution in [3.8, 4) is 11.6 Å². The molecule has 110 valence electrons. The van der Waals surface area contributed by atoms with Crippen LogP contribution in [0.3, 0.4) is 0 Å². The molecule has 0 aliphatic rings. The van der Waals surface area contributed by atoms with Gasteiger partial charge in [0.25, 0.3) is 5.69 Å². The summed E-state index contributed by atoms with van der Waals surface area (Å²) in [5, 5.41) is 11.0. The largest absolute Gasteiger partial charge is 0.435 e. The van der Waals surface area contributed by atoms with Gasteiger partial charge in [-0.25, -0.2) is 9.37 Å². The minimum Gasteiger partial charge on any atom is -0.435 e. The zero-order chi connectivity index (χ0) is 15.7. The maximum atomic E-state index is 13.9. The summed E-state index contributed by atoms with van der Waals surface area (Å²) in [7, 11) is 0. The number of aryl methyl sites for hydroxylation is 2. The van der Waals surface area contributed by atoms with Crippen molar-refractivity contribution in [2.24, 2.45) is 0 Å². The van der Waals surface area contributed by atoms with Crippen molar-refractivity contribution >= 4 is 17.3 Å². The number of halogens is 2. The van der Waals surface area contributed by atoms with Gasteiger partial charge in [0.05, 0.1) is 11.0 Å². The van der Waals surface area contributed by atoms with E-state index in [2.05, 4.69) is 9.97 Å². The standard InChI is InChI=1S/C13H11ClFN3O3/c1-6-4-11(9(15)5-10(6)18(19)20)21-13-7(2)12(14)16-8(3)17-13/h4-5H,1-3H3. The molecule has 0 atom stereocenters. The van der Waals surface area contributed by atoms with Crippen LogP contribution in [0.2, 0.25) is 5.15 Å². The smallest absolute Gasteiger partial charge is 0.275 e. The van der Waals surface area contributed by atoms with Crippen molar-refractivity contribution in [3.05, 3.63) is 50.2 Å². The Bertz CT molecular complexity index is 737. The van der Waals surface area contributed by atoms with Crippen molar-refractivity contribution in [3.63, 3.8) is 0 Å². The Kier molecular flexibility index (Phi) is 4.04. The highest BCUT2D eigenvalue weighted by molar-refractivity contribution is 6.30. The second-order valence-corrected chi connectivity index (χ2v) is 4.78. The summed E-state index contributed by atoms with van der Waals surface area (Å²) in [6.45, 7) is 4.75. The second kappa shape index (κ2) is 5.61. The molecular formula is C13H11ClFN3O3. The first-order valence-electron chi connectivity index (χ1n) is 5.92. The van der Waals surface area contributed by atoms with Crippen LogP contribution in [0.1, 0.15) is 17.0 Å². The highest BCUT2D eigenvalue weighted by Gasteiger charge is 2.18. The summed E-state index contributed by atoms with van der Waals surface area (Å²) in [6, 6.07) is 2.06. The van der Waals surface area contributed by atoms with Crippen molar-refractivity contribution < 1.29 is 14.1 Å². The molecule has 21 heavy (non-hydrogen) atoms. The van der Waals surface area contributed by atoms with E-state index in [1.165, 1.54) is 13.0 Å². The van der Waals surface area contributed by atoms with Crippen LogP contribution in [0.15, 0.2) is 12.1 Å². The Balaban J connectivity index is 2.46. The van der Waals surface area contributed by atoms with Gasteiger partial charge in [0.1, 0.15) is 11.0 Å². The van der Waals surface area contributed by atoms with Crippen LogP contribution >= 0.6 is 11.6 Å². The number of hydrogen-bond acceptors (Lipinski definition) is 5. The zero-order valence-electron chi connectivity index (χ0n) is 11.5. The van der Waals surface area contributed by atoms with Gasteiger partial charge in [-0.15, -0.1) is 0 Å². The molecule has 1 aromatic carbocycles. The fourth-order valence-electron chi connectivity index (χ4n) is 1.69. The van der Waals surface area contributed by atoms with E-state index < -0.39 is 10.7 Å². The molecule has 1 aromatic heterocycles. The van der Waals surface area contributed by atoms with E-state index in [0.717, 1.165) is 6.07 Å². The summed E-state index contributed by atoms with van der Waals surface area (Å²) < 4.78 is 19.3. The van der Waals surface area contributed by atoms with Crippen LogP contribution in [0.25, 0.3) is 0 Å². The highest BCUT2D eigenvalue weighted by Crippen LogP contribution is 2.32. The molecule has 0 bridgehead atoms. The van der Waals surface area contributed by atoms with E-state index in [4.69, 9.17) is 16.3 Å². The number of rotatable bonds is 3. The number of nitro benzene ring substituents is 1. The molecular weight excluding hydrogens is 301 g/mol. The molecule has 0 spiro atoms. The SMILES string of the molecule is Cc1nc(Cl)c(C)c(Oc2cc(C)c([N+](=O)[O-])cc2F)n1. The molecule has 0 unspecified atom stereocenters. The van der Waals surface area contributed by atoms with Gasteiger partial charge in [-0.2, -0.15) is 4.98 Å². The summed E-state index contributed by atoms with van der Waals surface area (Å²) in [6.07, 6.45) is 0. The maximum Gasteiger partial charge on any atom is 0.275 e. The number of ether oxygens (including phenoxy) is 1. The maximum absolute atomic E-state index is 13.9. The Morgan fingerprint density at radius 2 is 1.95 bits per heavy atom.